The fourth-order valence-corrected chi connectivity index (χ4v) is 2.80. The second kappa shape index (κ2) is 6.38. The molecule has 0 spiro atoms. The van der Waals surface area contributed by atoms with Crippen LogP contribution in [0.1, 0.15) is 35.9 Å². The van der Waals surface area contributed by atoms with Crippen molar-refractivity contribution in [2.24, 2.45) is 0 Å². The van der Waals surface area contributed by atoms with Gasteiger partial charge in [-0.25, -0.2) is 4.98 Å². The predicted molar refractivity (Wildman–Crippen MR) is 93.9 cm³/mol. The van der Waals surface area contributed by atoms with Crippen LogP contribution in [0.25, 0.3) is 21.8 Å². The minimum absolute atomic E-state index is 0.130. The summed E-state index contributed by atoms with van der Waals surface area (Å²) >= 11 is 0. The molecule has 0 aliphatic carbocycles. The predicted octanol–water partition coefficient (Wildman–Crippen LogP) is 2.79. The highest BCUT2D eigenvalue weighted by Gasteiger charge is 2.17. The van der Waals surface area contributed by atoms with Crippen LogP contribution >= 0.6 is 0 Å². The van der Waals surface area contributed by atoms with Gasteiger partial charge in [0.25, 0.3) is 5.91 Å². The number of nitrogens with zero attached hydrogens (tertiary/aromatic N) is 1. The Labute approximate surface area is 135 Å². The van der Waals surface area contributed by atoms with E-state index in [0.717, 1.165) is 34.0 Å². The number of fused-ring (bicyclic) bond motifs is 3. The molecule has 5 nitrogen and oxygen atoms in total. The molecule has 120 valence electrons. The van der Waals surface area contributed by atoms with Gasteiger partial charge in [-0.1, -0.05) is 32.0 Å². The standard InChI is InChI=1S/C18H22N4O/c1-11(2)16-17-13(12-6-4-5-7-14(12)21-17)10-15(22-16)18(23)20-9-8-19-3/h4-7,10-11,19,21H,8-9H2,1-3H3,(H,20,23). The van der Waals surface area contributed by atoms with E-state index in [-0.39, 0.29) is 11.8 Å². The number of hydrogen-bond donors (Lipinski definition) is 3. The van der Waals surface area contributed by atoms with Gasteiger partial charge in [0.1, 0.15) is 5.69 Å². The first-order valence-electron chi connectivity index (χ1n) is 7.96. The maximum Gasteiger partial charge on any atom is 0.269 e. The highest BCUT2D eigenvalue weighted by atomic mass is 16.1. The Bertz CT molecular complexity index is 851. The topological polar surface area (TPSA) is 69.8 Å². The summed E-state index contributed by atoms with van der Waals surface area (Å²) in [4.78, 5) is 20.4. The van der Waals surface area contributed by atoms with Crippen LogP contribution in [0.15, 0.2) is 30.3 Å². The molecule has 0 bridgehead atoms. The number of carbonyl (C=O) groups excluding carboxylic acids is 1. The molecule has 3 N–H and O–H groups in total. The summed E-state index contributed by atoms with van der Waals surface area (Å²) in [5.41, 5.74) is 3.49. The molecule has 0 radical (unpaired) electrons. The number of carbonyl (C=O) groups is 1. The third-order valence-corrected chi connectivity index (χ3v) is 3.96. The van der Waals surface area contributed by atoms with E-state index in [1.165, 1.54) is 0 Å². The number of aromatic nitrogens is 2. The minimum Gasteiger partial charge on any atom is -0.353 e. The fourth-order valence-electron chi connectivity index (χ4n) is 2.80. The number of likely N-dealkylation sites (N-methyl/N-ethyl adjacent to an activating group) is 1. The monoisotopic (exact) mass is 310 g/mol. The van der Waals surface area contributed by atoms with Crippen LogP contribution < -0.4 is 10.6 Å². The zero-order valence-corrected chi connectivity index (χ0v) is 13.7. The van der Waals surface area contributed by atoms with Crippen LogP contribution in [-0.4, -0.2) is 36.0 Å². The summed E-state index contributed by atoms with van der Waals surface area (Å²) in [5.74, 6) is 0.102. The third-order valence-electron chi connectivity index (χ3n) is 3.96. The number of amides is 1. The number of nitrogens with one attached hydrogen (secondary N) is 3. The van der Waals surface area contributed by atoms with Crippen LogP contribution in [0.4, 0.5) is 0 Å². The van der Waals surface area contributed by atoms with Crippen molar-refractivity contribution >= 4 is 27.7 Å². The highest BCUT2D eigenvalue weighted by Crippen LogP contribution is 2.30. The number of benzene rings is 1. The lowest BCUT2D eigenvalue weighted by atomic mass is 10.0. The average Bonchev–Trinajstić information content (AvgIpc) is 2.92. The number of rotatable bonds is 5. The number of H-pyrrole nitrogens is 1. The van der Waals surface area contributed by atoms with Gasteiger partial charge in [-0.3, -0.25) is 4.79 Å². The Kier molecular flexibility index (Phi) is 4.30. The van der Waals surface area contributed by atoms with Gasteiger partial charge in [-0.15, -0.1) is 0 Å². The zero-order chi connectivity index (χ0) is 16.4. The molecule has 2 aromatic heterocycles. The van der Waals surface area contributed by atoms with E-state index in [2.05, 4.69) is 40.5 Å². The van der Waals surface area contributed by atoms with E-state index in [4.69, 9.17) is 0 Å². The molecule has 3 rings (SSSR count). The van der Waals surface area contributed by atoms with Crippen LogP contribution in [-0.2, 0) is 0 Å². The van der Waals surface area contributed by atoms with E-state index in [9.17, 15) is 4.79 Å². The van der Waals surface area contributed by atoms with Crippen LogP contribution in [0.2, 0.25) is 0 Å². The van der Waals surface area contributed by atoms with Crippen molar-refractivity contribution < 1.29 is 4.79 Å². The molecular weight excluding hydrogens is 288 g/mol. The van der Waals surface area contributed by atoms with E-state index in [0.29, 0.717) is 12.2 Å². The largest absolute Gasteiger partial charge is 0.353 e. The molecule has 0 atom stereocenters. The normalized spacial score (nSPS) is 11.5. The molecule has 1 amide bonds. The molecule has 3 aromatic rings. The van der Waals surface area contributed by atoms with Gasteiger partial charge >= 0.3 is 0 Å². The summed E-state index contributed by atoms with van der Waals surface area (Å²) in [7, 11) is 1.86. The SMILES string of the molecule is CNCCNC(=O)c1cc2c([nH]c3ccccc32)c(C(C)C)n1. The molecule has 23 heavy (non-hydrogen) atoms. The lowest BCUT2D eigenvalue weighted by Gasteiger charge is -2.10. The van der Waals surface area contributed by atoms with Crippen molar-refractivity contribution in [2.45, 2.75) is 19.8 Å². The van der Waals surface area contributed by atoms with Crippen LogP contribution in [0, 0.1) is 0 Å². The van der Waals surface area contributed by atoms with Crippen molar-refractivity contribution in [3.63, 3.8) is 0 Å². The van der Waals surface area contributed by atoms with Gasteiger partial charge in [-0.05, 0) is 25.1 Å². The maximum absolute atomic E-state index is 12.4. The molecule has 0 aliphatic heterocycles. The Balaban J connectivity index is 2.12. The second-order valence-corrected chi connectivity index (χ2v) is 6.00. The fraction of sp³-hybridized carbons (Fsp3) is 0.333. The Hall–Kier alpha value is -2.40. The Morgan fingerprint density at radius 3 is 2.74 bits per heavy atom. The minimum atomic E-state index is -0.130. The lowest BCUT2D eigenvalue weighted by Crippen LogP contribution is -2.31. The van der Waals surface area contributed by atoms with Crippen molar-refractivity contribution in [3.8, 4) is 0 Å². The molecule has 0 saturated carbocycles. The summed E-state index contributed by atoms with van der Waals surface area (Å²) in [6.07, 6.45) is 0. The first-order valence-corrected chi connectivity index (χ1v) is 7.96. The number of pyridine rings is 1. The lowest BCUT2D eigenvalue weighted by molar-refractivity contribution is 0.0949. The Morgan fingerprint density at radius 1 is 1.22 bits per heavy atom. The van der Waals surface area contributed by atoms with E-state index in [1.807, 2.05) is 31.3 Å². The average molecular weight is 310 g/mol. The van der Waals surface area contributed by atoms with Gasteiger partial charge in [0.05, 0.1) is 11.2 Å². The van der Waals surface area contributed by atoms with Gasteiger partial charge in [0.2, 0.25) is 0 Å². The molecule has 5 heteroatoms. The number of hydrogen-bond acceptors (Lipinski definition) is 3. The third kappa shape index (κ3) is 2.92. The molecule has 0 aliphatic rings. The van der Waals surface area contributed by atoms with Crippen molar-refractivity contribution in [1.82, 2.24) is 20.6 Å². The molecule has 0 fully saturated rings. The Morgan fingerprint density at radius 2 is 2.00 bits per heavy atom. The number of para-hydroxylation sites is 1. The maximum atomic E-state index is 12.4. The number of aromatic amines is 1. The second-order valence-electron chi connectivity index (χ2n) is 6.00. The summed E-state index contributed by atoms with van der Waals surface area (Å²) < 4.78 is 0. The van der Waals surface area contributed by atoms with Gasteiger partial charge in [-0.2, -0.15) is 0 Å². The van der Waals surface area contributed by atoms with Crippen molar-refractivity contribution in [1.29, 1.82) is 0 Å². The quantitative estimate of drug-likeness (QED) is 0.635. The molecule has 1 aromatic carbocycles. The van der Waals surface area contributed by atoms with Crippen LogP contribution in [0.3, 0.4) is 0 Å². The first kappa shape index (κ1) is 15.5. The summed E-state index contributed by atoms with van der Waals surface area (Å²) in [5, 5.41) is 8.09. The van der Waals surface area contributed by atoms with Crippen molar-refractivity contribution in [3.05, 3.63) is 41.7 Å². The smallest absolute Gasteiger partial charge is 0.269 e. The summed E-state index contributed by atoms with van der Waals surface area (Å²) in [6.45, 7) is 5.50. The van der Waals surface area contributed by atoms with Gasteiger partial charge in [0.15, 0.2) is 0 Å². The molecule has 2 heterocycles. The van der Waals surface area contributed by atoms with Crippen LogP contribution in [0.5, 0.6) is 0 Å². The van der Waals surface area contributed by atoms with Gasteiger partial charge < -0.3 is 15.6 Å². The van der Waals surface area contributed by atoms with E-state index >= 15 is 0 Å². The van der Waals surface area contributed by atoms with E-state index in [1.54, 1.807) is 0 Å². The van der Waals surface area contributed by atoms with Crippen molar-refractivity contribution in [2.75, 3.05) is 20.1 Å². The molecular formula is C18H22N4O. The van der Waals surface area contributed by atoms with Gasteiger partial charge in [0, 0.05) is 29.4 Å². The first-order chi connectivity index (χ1) is 11.1. The molecule has 0 unspecified atom stereocenters. The zero-order valence-electron chi connectivity index (χ0n) is 13.7. The van der Waals surface area contributed by atoms with E-state index < -0.39 is 0 Å². The summed E-state index contributed by atoms with van der Waals surface area (Å²) in [6, 6.07) is 10.0. The molecule has 0 saturated heterocycles. The highest BCUT2D eigenvalue weighted by molar-refractivity contribution is 6.10.